The average Bonchev–Trinajstić information content (AvgIpc) is 3.11. The third-order valence-corrected chi connectivity index (χ3v) is 9.77. The van der Waals surface area contributed by atoms with Crippen molar-refractivity contribution in [2.24, 2.45) is 23.7 Å². The van der Waals surface area contributed by atoms with Crippen molar-refractivity contribution in [3.63, 3.8) is 0 Å². The number of carbonyl (C=O) groups is 1. The fourth-order valence-electron chi connectivity index (χ4n) is 7.30. The summed E-state index contributed by atoms with van der Waals surface area (Å²) in [5, 5.41) is 0.996. The summed E-state index contributed by atoms with van der Waals surface area (Å²) in [5.74, 6) is 3.07. The summed E-state index contributed by atoms with van der Waals surface area (Å²) in [4.78, 5) is 31.2. The van der Waals surface area contributed by atoms with E-state index in [0.717, 1.165) is 42.8 Å². The topological polar surface area (TPSA) is 55.2 Å². The van der Waals surface area contributed by atoms with Crippen LogP contribution < -0.4 is 5.56 Å². The SMILES string of the molecule is CC1(C)C2=C(CC(C3CCN(CC4CCC(C=O)CC4)CC3)C=C2)n2c1nc(=O)c1c(Cl)cccc12. The van der Waals surface area contributed by atoms with Crippen LogP contribution in [0, 0.1) is 23.7 Å². The lowest BCUT2D eigenvalue weighted by atomic mass is 9.75. The third kappa shape index (κ3) is 3.99. The highest BCUT2D eigenvalue weighted by atomic mass is 35.5. The van der Waals surface area contributed by atoms with Gasteiger partial charge in [-0.2, -0.15) is 4.98 Å². The molecule has 0 radical (unpaired) electrons. The molecule has 190 valence electrons. The Bertz CT molecular complexity index is 1310. The van der Waals surface area contributed by atoms with E-state index in [2.05, 4.69) is 40.5 Å². The molecule has 36 heavy (non-hydrogen) atoms. The van der Waals surface area contributed by atoms with Crippen LogP contribution in [0.1, 0.15) is 64.6 Å². The quantitative estimate of drug-likeness (QED) is 0.489. The molecule has 1 saturated carbocycles. The van der Waals surface area contributed by atoms with Crippen molar-refractivity contribution in [1.82, 2.24) is 14.5 Å². The zero-order chi connectivity index (χ0) is 25.0. The number of nitrogens with zero attached hydrogens (tertiary/aromatic N) is 3. The van der Waals surface area contributed by atoms with Crippen LogP contribution in [-0.2, 0) is 10.2 Å². The Morgan fingerprint density at radius 2 is 1.86 bits per heavy atom. The van der Waals surface area contributed by atoms with E-state index in [0.29, 0.717) is 28.2 Å². The van der Waals surface area contributed by atoms with Crippen molar-refractivity contribution in [2.75, 3.05) is 19.6 Å². The van der Waals surface area contributed by atoms with Gasteiger partial charge in [-0.3, -0.25) is 4.79 Å². The van der Waals surface area contributed by atoms with Crippen molar-refractivity contribution >= 4 is 34.5 Å². The molecule has 1 saturated heterocycles. The Morgan fingerprint density at radius 3 is 2.58 bits per heavy atom. The smallest absolute Gasteiger partial charge is 0.282 e. The number of aldehydes is 1. The molecule has 1 unspecified atom stereocenters. The Morgan fingerprint density at radius 1 is 1.11 bits per heavy atom. The summed E-state index contributed by atoms with van der Waals surface area (Å²) in [7, 11) is 0. The van der Waals surface area contributed by atoms with E-state index in [9.17, 15) is 9.59 Å². The summed E-state index contributed by atoms with van der Waals surface area (Å²) in [5.41, 5.74) is 2.91. The van der Waals surface area contributed by atoms with Gasteiger partial charge in [0, 0.05) is 18.2 Å². The molecule has 4 aliphatic rings. The molecule has 5 nitrogen and oxygen atoms in total. The van der Waals surface area contributed by atoms with Gasteiger partial charge in [-0.25, -0.2) is 0 Å². The molecule has 6 heteroatoms. The van der Waals surface area contributed by atoms with E-state index < -0.39 is 0 Å². The van der Waals surface area contributed by atoms with Gasteiger partial charge < -0.3 is 14.3 Å². The monoisotopic (exact) mass is 505 g/mol. The predicted molar refractivity (Wildman–Crippen MR) is 145 cm³/mol. The minimum Gasteiger partial charge on any atom is -0.303 e. The van der Waals surface area contributed by atoms with Gasteiger partial charge in [0.25, 0.3) is 5.56 Å². The molecular formula is C30H36ClN3O2. The lowest BCUT2D eigenvalue weighted by Gasteiger charge is -2.39. The summed E-state index contributed by atoms with van der Waals surface area (Å²) < 4.78 is 2.24. The van der Waals surface area contributed by atoms with Gasteiger partial charge in [0.05, 0.1) is 21.3 Å². The van der Waals surface area contributed by atoms with E-state index in [1.54, 1.807) is 6.07 Å². The van der Waals surface area contributed by atoms with Crippen molar-refractivity contribution in [3.8, 4) is 0 Å². The number of rotatable bonds is 4. The number of piperidine rings is 1. The lowest BCUT2D eigenvalue weighted by molar-refractivity contribution is -0.112. The minimum absolute atomic E-state index is 0.234. The molecular weight excluding hydrogens is 470 g/mol. The normalized spacial score (nSPS) is 28.4. The second-order valence-corrected chi connectivity index (χ2v) is 12.4. The fourth-order valence-corrected chi connectivity index (χ4v) is 7.55. The predicted octanol–water partition coefficient (Wildman–Crippen LogP) is 5.85. The largest absolute Gasteiger partial charge is 0.303 e. The molecule has 3 heterocycles. The molecule has 1 aromatic carbocycles. The van der Waals surface area contributed by atoms with Crippen molar-refractivity contribution in [3.05, 3.63) is 57.1 Å². The number of halogens is 1. The number of hydrogen-bond donors (Lipinski definition) is 0. The van der Waals surface area contributed by atoms with E-state index in [-0.39, 0.29) is 11.0 Å². The highest BCUT2D eigenvalue weighted by Crippen LogP contribution is 2.49. The molecule has 2 aliphatic heterocycles. The first-order chi connectivity index (χ1) is 17.4. The first-order valence-corrected chi connectivity index (χ1v) is 14.1. The molecule has 6 rings (SSSR count). The molecule has 1 atom stereocenters. The maximum Gasteiger partial charge on any atom is 0.282 e. The van der Waals surface area contributed by atoms with Crippen molar-refractivity contribution < 1.29 is 4.79 Å². The number of likely N-dealkylation sites (tertiary alicyclic amines) is 1. The number of hydrogen-bond acceptors (Lipinski definition) is 4. The zero-order valence-electron chi connectivity index (χ0n) is 21.4. The van der Waals surface area contributed by atoms with E-state index in [1.165, 1.54) is 56.6 Å². The zero-order valence-corrected chi connectivity index (χ0v) is 22.1. The molecule has 0 bridgehead atoms. The van der Waals surface area contributed by atoms with Crippen LogP contribution in [-0.4, -0.2) is 40.4 Å². The molecule has 2 fully saturated rings. The van der Waals surface area contributed by atoms with Crippen LogP contribution in [0.25, 0.3) is 16.6 Å². The van der Waals surface area contributed by atoms with Gasteiger partial charge in [-0.05, 0) is 107 Å². The summed E-state index contributed by atoms with van der Waals surface area (Å²) >= 11 is 6.46. The van der Waals surface area contributed by atoms with Gasteiger partial charge in [0.2, 0.25) is 0 Å². The first-order valence-electron chi connectivity index (χ1n) is 13.7. The number of allylic oxidation sites excluding steroid dienone is 4. The van der Waals surface area contributed by atoms with E-state index >= 15 is 0 Å². The van der Waals surface area contributed by atoms with Crippen LogP contribution in [0.4, 0.5) is 0 Å². The maximum absolute atomic E-state index is 12.9. The van der Waals surface area contributed by atoms with Gasteiger partial charge in [-0.15, -0.1) is 0 Å². The third-order valence-electron chi connectivity index (χ3n) is 9.46. The number of benzene rings is 1. The molecule has 0 N–H and O–H groups in total. The summed E-state index contributed by atoms with van der Waals surface area (Å²) in [6.45, 7) is 7.89. The number of fused-ring (bicyclic) bond motifs is 4. The summed E-state index contributed by atoms with van der Waals surface area (Å²) in [6, 6.07) is 5.72. The lowest BCUT2D eigenvalue weighted by Crippen LogP contribution is -2.39. The second-order valence-electron chi connectivity index (χ2n) is 12.0. The van der Waals surface area contributed by atoms with E-state index in [4.69, 9.17) is 11.6 Å². The molecule has 2 aromatic rings. The standard InChI is InChI=1S/C30H36ClN3O2/c1-30(2)23-11-10-22(21-12-14-33(15-13-21)17-19-6-8-20(18-35)9-7-19)16-26(23)34-25-5-3-4-24(31)27(25)28(36)32-29(30)34/h3-5,10-11,18-22H,6-9,12-17H2,1-2H3. The van der Waals surface area contributed by atoms with Crippen LogP contribution in [0.5, 0.6) is 0 Å². The first kappa shape index (κ1) is 24.1. The Balaban J connectivity index is 1.18. The molecule has 1 aromatic heterocycles. The van der Waals surface area contributed by atoms with Crippen LogP contribution in [0.15, 0.2) is 40.7 Å². The van der Waals surface area contributed by atoms with Gasteiger partial charge in [0.15, 0.2) is 0 Å². The highest BCUT2D eigenvalue weighted by molar-refractivity contribution is 6.35. The van der Waals surface area contributed by atoms with Crippen LogP contribution in [0.3, 0.4) is 0 Å². The molecule has 2 aliphatic carbocycles. The fraction of sp³-hybridized carbons (Fsp3) is 0.567. The van der Waals surface area contributed by atoms with Crippen molar-refractivity contribution in [1.29, 1.82) is 0 Å². The van der Waals surface area contributed by atoms with Gasteiger partial charge in [0.1, 0.15) is 12.1 Å². The van der Waals surface area contributed by atoms with Gasteiger partial charge in [-0.1, -0.05) is 29.8 Å². The Labute approximate surface area is 218 Å². The van der Waals surface area contributed by atoms with Crippen molar-refractivity contribution in [2.45, 2.75) is 64.2 Å². The number of aromatic nitrogens is 2. The van der Waals surface area contributed by atoms with Gasteiger partial charge >= 0.3 is 0 Å². The highest BCUT2D eigenvalue weighted by Gasteiger charge is 2.42. The molecule has 0 spiro atoms. The van der Waals surface area contributed by atoms with Crippen LogP contribution >= 0.6 is 11.6 Å². The van der Waals surface area contributed by atoms with Crippen LogP contribution in [0.2, 0.25) is 5.02 Å². The number of carbonyl (C=O) groups excluding carboxylic acids is 1. The minimum atomic E-state index is -0.307. The molecule has 0 amide bonds. The van der Waals surface area contributed by atoms with E-state index in [1.807, 2.05) is 12.1 Å². The Hall–Kier alpha value is -2.24. The summed E-state index contributed by atoms with van der Waals surface area (Å²) in [6.07, 6.45) is 13.9. The maximum atomic E-state index is 12.9. The second kappa shape index (κ2) is 9.25. The average molecular weight is 506 g/mol. The Kier molecular flexibility index (Phi) is 6.20.